The molecule has 3 fully saturated rings. The first kappa shape index (κ1) is 16.1. The molecule has 3 rings (SSSR count). The summed E-state index contributed by atoms with van der Waals surface area (Å²) < 4.78 is 23.1. The molecular formula is C17H26O5. The highest BCUT2D eigenvalue weighted by Gasteiger charge is 2.77. The summed E-state index contributed by atoms with van der Waals surface area (Å²) in [4.78, 5) is 12.6. The monoisotopic (exact) mass is 310 g/mol. The Morgan fingerprint density at radius 3 is 2.50 bits per heavy atom. The van der Waals surface area contributed by atoms with Crippen LogP contribution in [0.25, 0.3) is 0 Å². The number of rotatable bonds is 5. The lowest BCUT2D eigenvalue weighted by atomic mass is 9.66. The molecule has 124 valence electrons. The summed E-state index contributed by atoms with van der Waals surface area (Å²) in [7, 11) is 3.07. The van der Waals surface area contributed by atoms with Crippen LogP contribution in [0.15, 0.2) is 11.6 Å². The number of hydrogen-bond acceptors (Lipinski definition) is 5. The van der Waals surface area contributed by atoms with Gasteiger partial charge in [-0.15, -0.1) is 0 Å². The maximum Gasteiger partial charge on any atom is 0.237 e. The summed E-state index contributed by atoms with van der Waals surface area (Å²) >= 11 is 0. The Hall–Kier alpha value is -0.750. The Morgan fingerprint density at radius 2 is 2.00 bits per heavy atom. The molecule has 0 amide bonds. The van der Waals surface area contributed by atoms with Gasteiger partial charge in [-0.25, -0.2) is 0 Å². The predicted molar refractivity (Wildman–Crippen MR) is 80.5 cm³/mol. The van der Waals surface area contributed by atoms with Crippen LogP contribution >= 0.6 is 0 Å². The lowest BCUT2D eigenvalue weighted by Gasteiger charge is -2.45. The molecule has 2 aliphatic heterocycles. The number of epoxide rings is 2. The molecule has 22 heavy (non-hydrogen) atoms. The van der Waals surface area contributed by atoms with Crippen molar-refractivity contribution in [2.45, 2.75) is 63.1 Å². The van der Waals surface area contributed by atoms with Gasteiger partial charge in [0.15, 0.2) is 5.78 Å². The van der Waals surface area contributed by atoms with E-state index in [4.69, 9.17) is 18.9 Å². The zero-order chi connectivity index (χ0) is 16.2. The molecule has 1 spiro atoms. The zero-order valence-corrected chi connectivity index (χ0v) is 14.1. The number of carbonyl (C=O) groups excluding carboxylic acids is 1. The molecule has 0 bridgehead atoms. The van der Waals surface area contributed by atoms with Gasteiger partial charge in [-0.05, 0) is 33.6 Å². The number of hydrogen-bond donors (Lipinski definition) is 0. The Bertz CT molecular complexity index is 499. The van der Waals surface area contributed by atoms with Gasteiger partial charge in [0.05, 0.1) is 18.6 Å². The summed E-state index contributed by atoms with van der Waals surface area (Å²) in [5, 5.41) is 0. The molecule has 0 aromatic rings. The first-order valence-corrected chi connectivity index (χ1v) is 7.93. The van der Waals surface area contributed by atoms with Crippen LogP contribution in [0.1, 0.15) is 40.0 Å². The van der Waals surface area contributed by atoms with Gasteiger partial charge in [-0.3, -0.25) is 4.79 Å². The van der Waals surface area contributed by atoms with E-state index in [1.54, 1.807) is 0 Å². The molecule has 2 heterocycles. The molecule has 2 saturated heterocycles. The largest absolute Gasteiger partial charge is 0.369 e. The fourth-order valence-corrected chi connectivity index (χ4v) is 4.15. The van der Waals surface area contributed by atoms with Gasteiger partial charge < -0.3 is 18.9 Å². The van der Waals surface area contributed by atoms with E-state index < -0.39 is 11.4 Å². The summed E-state index contributed by atoms with van der Waals surface area (Å²) in [5.41, 5.74) is 0.471. The molecule has 4 atom stereocenters. The smallest absolute Gasteiger partial charge is 0.237 e. The molecule has 0 radical (unpaired) electrons. The van der Waals surface area contributed by atoms with Gasteiger partial charge >= 0.3 is 0 Å². The SMILES string of the molecule is COC1(OC)C(=O)CC[C@]2(CO2)[C@H]1[C@]1(C)O[C@@H]1CC=C(C)C. The summed E-state index contributed by atoms with van der Waals surface area (Å²) in [6.45, 7) is 6.84. The minimum atomic E-state index is -1.26. The molecule has 0 unspecified atom stereocenters. The summed E-state index contributed by atoms with van der Waals surface area (Å²) in [6.07, 6.45) is 4.22. The van der Waals surface area contributed by atoms with Gasteiger partial charge in [0.25, 0.3) is 0 Å². The minimum Gasteiger partial charge on any atom is -0.369 e. The van der Waals surface area contributed by atoms with Crippen molar-refractivity contribution in [3.63, 3.8) is 0 Å². The number of ketones is 1. The van der Waals surface area contributed by atoms with Crippen molar-refractivity contribution in [3.8, 4) is 0 Å². The normalized spacial score (nSPS) is 42.3. The summed E-state index contributed by atoms with van der Waals surface area (Å²) in [6, 6.07) is 0. The first-order chi connectivity index (χ1) is 10.3. The van der Waals surface area contributed by atoms with Crippen LogP contribution in [0, 0.1) is 5.92 Å². The Labute approximate surface area is 131 Å². The topological polar surface area (TPSA) is 60.6 Å². The van der Waals surface area contributed by atoms with Crippen LogP contribution in [0.5, 0.6) is 0 Å². The Kier molecular flexibility index (Phi) is 3.76. The number of ether oxygens (including phenoxy) is 4. The summed E-state index contributed by atoms with van der Waals surface area (Å²) in [5.74, 6) is -1.51. The standard InChI is InChI=1S/C17H26O5/c1-11(2)6-7-13-15(3,22-13)14-16(10-21-16)9-8-12(18)17(14,19-4)20-5/h6,13-14H,7-10H2,1-5H3/t13-,14-,15-,16+/m1/s1. The highest BCUT2D eigenvalue weighted by Crippen LogP contribution is 2.61. The van der Waals surface area contributed by atoms with Crippen LogP contribution in [0.4, 0.5) is 0 Å². The van der Waals surface area contributed by atoms with Crippen molar-refractivity contribution < 1.29 is 23.7 Å². The second-order valence-corrected chi connectivity index (χ2v) is 7.09. The molecule has 0 aromatic carbocycles. The zero-order valence-electron chi connectivity index (χ0n) is 14.1. The number of Topliss-reactive ketones (excluding diaryl/α,β-unsaturated/α-hetero) is 1. The van der Waals surface area contributed by atoms with Crippen molar-refractivity contribution in [2.24, 2.45) is 5.92 Å². The predicted octanol–water partition coefficient (Wildman–Crippen LogP) is 2.24. The van der Waals surface area contributed by atoms with Gasteiger partial charge in [0, 0.05) is 20.6 Å². The number of allylic oxidation sites excluding steroid dienone is 1. The lowest BCUT2D eigenvalue weighted by Crippen LogP contribution is -2.63. The van der Waals surface area contributed by atoms with E-state index in [2.05, 4.69) is 26.8 Å². The fourth-order valence-electron chi connectivity index (χ4n) is 4.15. The molecule has 3 aliphatic rings. The van der Waals surface area contributed by atoms with Crippen molar-refractivity contribution >= 4 is 5.78 Å². The van der Waals surface area contributed by atoms with Gasteiger partial charge in [0.1, 0.15) is 11.2 Å². The quantitative estimate of drug-likeness (QED) is 0.443. The third-order valence-electron chi connectivity index (χ3n) is 5.48. The molecule has 5 heteroatoms. The van der Waals surface area contributed by atoms with Crippen molar-refractivity contribution in [2.75, 3.05) is 20.8 Å². The number of methoxy groups -OCH3 is 2. The average molecular weight is 310 g/mol. The van der Waals surface area contributed by atoms with E-state index in [-0.39, 0.29) is 23.4 Å². The van der Waals surface area contributed by atoms with Crippen LogP contribution in [-0.4, -0.2) is 49.7 Å². The highest BCUT2D eigenvalue weighted by atomic mass is 16.7. The Balaban J connectivity index is 1.91. The minimum absolute atomic E-state index is 0.0127. The Morgan fingerprint density at radius 1 is 1.36 bits per heavy atom. The maximum atomic E-state index is 12.6. The third kappa shape index (κ3) is 2.18. The van der Waals surface area contributed by atoms with Crippen LogP contribution in [0.3, 0.4) is 0 Å². The molecule has 1 aliphatic carbocycles. The van der Waals surface area contributed by atoms with E-state index in [0.717, 1.165) is 12.8 Å². The van der Waals surface area contributed by atoms with Crippen LogP contribution in [0.2, 0.25) is 0 Å². The van der Waals surface area contributed by atoms with Crippen LogP contribution < -0.4 is 0 Å². The van der Waals surface area contributed by atoms with Crippen molar-refractivity contribution in [1.82, 2.24) is 0 Å². The first-order valence-electron chi connectivity index (χ1n) is 7.93. The highest BCUT2D eigenvalue weighted by molar-refractivity contribution is 5.88. The van der Waals surface area contributed by atoms with Gasteiger partial charge in [0.2, 0.25) is 5.79 Å². The lowest BCUT2D eigenvalue weighted by molar-refractivity contribution is -0.257. The second kappa shape index (κ2) is 5.13. The van der Waals surface area contributed by atoms with Gasteiger partial charge in [-0.1, -0.05) is 11.6 Å². The van der Waals surface area contributed by atoms with E-state index in [0.29, 0.717) is 13.0 Å². The maximum absolute atomic E-state index is 12.6. The molecule has 0 aromatic heterocycles. The van der Waals surface area contributed by atoms with E-state index in [9.17, 15) is 4.79 Å². The van der Waals surface area contributed by atoms with Crippen molar-refractivity contribution in [3.05, 3.63) is 11.6 Å². The molecule has 0 N–H and O–H groups in total. The van der Waals surface area contributed by atoms with Gasteiger partial charge in [-0.2, -0.15) is 0 Å². The third-order valence-corrected chi connectivity index (χ3v) is 5.48. The fraction of sp³-hybridized carbons (Fsp3) is 0.824. The van der Waals surface area contributed by atoms with Crippen LogP contribution in [-0.2, 0) is 23.7 Å². The number of carbonyl (C=O) groups is 1. The molecule has 1 saturated carbocycles. The molecule has 5 nitrogen and oxygen atoms in total. The van der Waals surface area contributed by atoms with Crippen molar-refractivity contribution in [1.29, 1.82) is 0 Å². The average Bonchev–Trinajstić information content (AvgIpc) is 3.38. The van der Waals surface area contributed by atoms with E-state index >= 15 is 0 Å². The molecular weight excluding hydrogens is 284 g/mol. The van der Waals surface area contributed by atoms with E-state index in [1.165, 1.54) is 19.8 Å². The van der Waals surface area contributed by atoms with E-state index in [1.807, 2.05) is 0 Å². The second-order valence-electron chi connectivity index (χ2n) is 7.09.